The number of aryl methyl sites for hydroxylation is 1. The number of aliphatic hydroxyl groups excluding tert-OH is 1. The van der Waals surface area contributed by atoms with E-state index in [0.717, 1.165) is 25.2 Å². The van der Waals surface area contributed by atoms with E-state index in [-0.39, 0.29) is 0 Å². The van der Waals surface area contributed by atoms with Gasteiger partial charge in [-0.3, -0.25) is 0 Å². The molecule has 16 heavy (non-hydrogen) atoms. The summed E-state index contributed by atoms with van der Waals surface area (Å²) in [4.78, 5) is 0. The van der Waals surface area contributed by atoms with Crippen LogP contribution in [0.2, 0.25) is 0 Å². The third-order valence-corrected chi connectivity index (χ3v) is 2.79. The van der Waals surface area contributed by atoms with Crippen molar-refractivity contribution < 1.29 is 14.6 Å². The van der Waals surface area contributed by atoms with Crippen LogP contribution in [0.1, 0.15) is 24.5 Å². The lowest BCUT2D eigenvalue weighted by Crippen LogP contribution is -2.12. The summed E-state index contributed by atoms with van der Waals surface area (Å²) in [6.07, 6.45) is 1.84. The molecule has 0 saturated carbocycles. The van der Waals surface area contributed by atoms with Crippen molar-refractivity contribution in [2.24, 2.45) is 0 Å². The van der Waals surface area contributed by atoms with E-state index in [4.69, 9.17) is 9.47 Å². The topological polar surface area (TPSA) is 38.7 Å². The molecule has 3 heteroatoms. The maximum Gasteiger partial charge on any atom is 0.154 e. The molecule has 0 aliphatic carbocycles. The number of hydrogen-bond donors (Lipinski definition) is 1. The van der Waals surface area contributed by atoms with Gasteiger partial charge in [0.2, 0.25) is 0 Å². The van der Waals surface area contributed by atoms with Crippen LogP contribution in [-0.2, 0) is 17.6 Å². The van der Waals surface area contributed by atoms with Gasteiger partial charge in [0.05, 0.1) is 6.61 Å². The molecule has 3 nitrogen and oxygen atoms in total. The van der Waals surface area contributed by atoms with Crippen LogP contribution in [0, 0.1) is 0 Å². The highest BCUT2D eigenvalue weighted by atomic mass is 16.6. The van der Waals surface area contributed by atoms with Gasteiger partial charge in [-0.25, -0.2) is 0 Å². The fourth-order valence-corrected chi connectivity index (χ4v) is 1.96. The number of benzene rings is 1. The van der Waals surface area contributed by atoms with Crippen LogP contribution in [0.25, 0.3) is 0 Å². The fourth-order valence-electron chi connectivity index (χ4n) is 1.96. The van der Waals surface area contributed by atoms with Crippen molar-refractivity contribution in [1.82, 2.24) is 0 Å². The molecule has 1 N–H and O–H groups in total. The smallest absolute Gasteiger partial charge is 0.154 e. The van der Waals surface area contributed by atoms with Gasteiger partial charge in [-0.1, -0.05) is 12.1 Å². The molecule has 2 rings (SSSR count). The molecule has 1 heterocycles. The number of fused-ring (bicyclic) bond motifs is 1. The highest BCUT2D eigenvalue weighted by Crippen LogP contribution is 2.26. The van der Waals surface area contributed by atoms with Crippen LogP contribution < -0.4 is 4.74 Å². The van der Waals surface area contributed by atoms with Crippen LogP contribution in [0.5, 0.6) is 5.75 Å². The monoisotopic (exact) mass is 222 g/mol. The second-order valence-electron chi connectivity index (χ2n) is 3.99. The zero-order valence-corrected chi connectivity index (χ0v) is 9.61. The van der Waals surface area contributed by atoms with Crippen molar-refractivity contribution in [3.05, 3.63) is 29.3 Å². The van der Waals surface area contributed by atoms with Crippen molar-refractivity contribution in [1.29, 1.82) is 0 Å². The lowest BCUT2D eigenvalue weighted by atomic mass is 10.0. The summed E-state index contributed by atoms with van der Waals surface area (Å²) in [5.74, 6) is 1.01. The van der Waals surface area contributed by atoms with Crippen molar-refractivity contribution in [3.63, 3.8) is 0 Å². The molecule has 1 aliphatic rings. The molecular formula is C13H18O3. The predicted octanol–water partition coefficient (Wildman–Crippen LogP) is 1.91. The largest absolute Gasteiger partial charge is 0.493 e. The average molecular weight is 222 g/mol. The Morgan fingerprint density at radius 1 is 1.50 bits per heavy atom. The van der Waals surface area contributed by atoms with Gasteiger partial charge >= 0.3 is 0 Å². The van der Waals surface area contributed by atoms with Gasteiger partial charge in [0, 0.05) is 19.4 Å². The molecular weight excluding hydrogens is 204 g/mol. The number of ether oxygens (including phenoxy) is 2. The number of hydrogen-bond acceptors (Lipinski definition) is 3. The summed E-state index contributed by atoms with van der Waals surface area (Å²) < 4.78 is 10.5. The van der Waals surface area contributed by atoms with E-state index in [1.807, 2.05) is 13.0 Å². The van der Waals surface area contributed by atoms with Gasteiger partial charge < -0.3 is 14.6 Å². The Bertz CT molecular complexity index is 349. The Morgan fingerprint density at radius 3 is 3.19 bits per heavy atom. The maximum atomic E-state index is 9.46. The molecule has 0 amide bonds. The van der Waals surface area contributed by atoms with Crippen molar-refractivity contribution in [3.8, 4) is 5.75 Å². The summed E-state index contributed by atoms with van der Waals surface area (Å²) in [5.41, 5.74) is 2.52. The van der Waals surface area contributed by atoms with Gasteiger partial charge in [-0.15, -0.1) is 0 Å². The zero-order valence-electron chi connectivity index (χ0n) is 9.61. The first-order chi connectivity index (χ1) is 7.79. The Hall–Kier alpha value is -1.06. The Kier molecular flexibility index (Phi) is 3.80. The fraction of sp³-hybridized carbons (Fsp3) is 0.538. The lowest BCUT2D eigenvalue weighted by Gasteiger charge is -2.10. The molecule has 1 aliphatic heterocycles. The van der Waals surface area contributed by atoms with E-state index < -0.39 is 6.29 Å². The van der Waals surface area contributed by atoms with Gasteiger partial charge in [0.25, 0.3) is 0 Å². The van der Waals surface area contributed by atoms with E-state index in [1.165, 1.54) is 11.1 Å². The van der Waals surface area contributed by atoms with Crippen molar-refractivity contribution >= 4 is 0 Å². The van der Waals surface area contributed by atoms with E-state index in [9.17, 15) is 5.11 Å². The number of aliphatic hydroxyl groups is 1. The molecule has 1 aromatic carbocycles. The molecule has 0 unspecified atom stereocenters. The normalized spacial score (nSPS) is 15.6. The Balaban J connectivity index is 1.90. The summed E-state index contributed by atoms with van der Waals surface area (Å²) >= 11 is 0. The predicted molar refractivity (Wildman–Crippen MR) is 61.6 cm³/mol. The van der Waals surface area contributed by atoms with Gasteiger partial charge in [-0.05, 0) is 30.5 Å². The maximum absolute atomic E-state index is 9.46. The molecule has 1 aromatic rings. The van der Waals surface area contributed by atoms with Crippen molar-refractivity contribution in [2.45, 2.75) is 32.5 Å². The number of rotatable bonds is 5. The second-order valence-corrected chi connectivity index (χ2v) is 3.99. The van der Waals surface area contributed by atoms with E-state index in [0.29, 0.717) is 13.0 Å². The van der Waals surface area contributed by atoms with Crippen LogP contribution in [0.3, 0.4) is 0 Å². The second kappa shape index (κ2) is 5.32. The summed E-state index contributed by atoms with van der Waals surface area (Å²) in [7, 11) is 0. The Labute approximate surface area is 96.0 Å². The average Bonchev–Trinajstić information content (AvgIpc) is 2.74. The molecule has 88 valence electrons. The minimum Gasteiger partial charge on any atom is -0.493 e. The molecule has 1 atom stereocenters. The molecule has 0 aromatic heterocycles. The van der Waals surface area contributed by atoms with E-state index >= 15 is 0 Å². The minimum atomic E-state index is -0.644. The van der Waals surface area contributed by atoms with Crippen LogP contribution in [0.4, 0.5) is 0 Å². The first-order valence-corrected chi connectivity index (χ1v) is 5.84. The Morgan fingerprint density at radius 2 is 2.38 bits per heavy atom. The standard InChI is InChI=1S/C13H18O3/c1-2-15-13(14)6-4-10-3-5-12-11(9-10)7-8-16-12/h3,5,9,13-14H,2,4,6-8H2,1H3/t13-/m0/s1. The first kappa shape index (κ1) is 11.4. The third-order valence-electron chi connectivity index (χ3n) is 2.79. The summed E-state index contributed by atoms with van der Waals surface area (Å²) in [6, 6.07) is 6.24. The molecule has 0 radical (unpaired) electrons. The molecule has 0 bridgehead atoms. The molecule has 0 saturated heterocycles. The molecule has 0 fully saturated rings. The SMILES string of the molecule is CCO[C@H](O)CCc1ccc2c(c1)CCO2. The summed E-state index contributed by atoms with van der Waals surface area (Å²) in [6.45, 7) is 3.23. The summed E-state index contributed by atoms with van der Waals surface area (Å²) in [5, 5.41) is 9.46. The van der Waals surface area contributed by atoms with Gasteiger partial charge in [0.15, 0.2) is 6.29 Å². The first-order valence-electron chi connectivity index (χ1n) is 5.84. The quantitative estimate of drug-likeness (QED) is 0.773. The van der Waals surface area contributed by atoms with Crippen LogP contribution in [0.15, 0.2) is 18.2 Å². The van der Waals surface area contributed by atoms with E-state index in [2.05, 4.69) is 12.1 Å². The third kappa shape index (κ3) is 2.74. The lowest BCUT2D eigenvalue weighted by molar-refractivity contribution is -0.0980. The van der Waals surface area contributed by atoms with Crippen molar-refractivity contribution in [2.75, 3.05) is 13.2 Å². The highest BCUT2D eigenvalue weighted by Gasteiger charge is 2.12. The van der Waals surface area contributed by atoms with Gasteiger partial charge in [0.1, 0.15) is 5.75 Å². The minimum absolute atomic E-state index is 0.555. The molecule has 0 spiro atoms. The zero-order chi connectivity index (χ0) is 11.4. The van der Waals surface area contributed by atoms with E-state index in [1.54, 1.807) is 0 Å². The van der Waals surface area contributed by atoms with Gasteiger partial charge in [-0.2, -0.15) is 0 Å². The highest BCUT2D eigenvalue weighted by molar-refractivity contribution is 5.39. The van der Waals surface area contributed by atoms with Crippen LogP contribution in [-0.4, -0.2) is 24.6 Å². The van der Waals surface area contributed by atoms with Crippen LogP contribution >= 0.6 is 0 Å².